The maximum atomic E-state index is 12.9. The molecule has 0 aliphatic carbocycles. The predicted molar refractivity (Wildman–Crippen MR) is 122 cm³/mol. The summed E-state index contributed by atoms with van der Waals surface area (Å²) in [5, 5.41) is 10.0. The number of phenols is 1. The van der Waals surface area contributed by atoms with Gasteiger partial charge in [0.25, 0.3) is 5.91 Å². The van der Waals surface area contributed by atoms with Crippen LogP contribution >= 0.6 is 0 Å². The third-order valence-electron chi connectivity index (χ3n) is 5.67. The first-order valence-electron chi connectivity index (χ1n) is 10.6. The van der Waals surface area contributed by atoms with Gasteiger partial charge in [-0.25, -0.2) is 8.42 Å². The molecule has 1 saturated heterocycles. The first-order chi connectivity index (χ1) is 14.6. The summed E-state index contributed by atoms with van der Waals surface area (Å²) in [6.45, 7) is 10.0. The Labute approximate surface area is 184 Å². The number of hydrogen-bond donors (Lipinski definition) is 1. The van der Waals surface area contributed by atoms with Crippen molar-refractivity contribution >= 4 is 21.6 Å². The lowest BCUT2D eigenvalue weighted by molar-refractivity contribution is 0.0698. The van der Waals surface area contributed by atoms with Gasteiger partial charge in [-0.2, -0.15) is 4.31 Å². The van der Waals surface area contributed by atoms with Crippen molar-refractivity contribution in [2.75, 3.05) is 37.6 Å². The maximum absolute atomic E-state index is 12.9. The molecule has 1 fully saturated rings. The molecule has 0 atom stereocenters. The van der Waals surface area contributed by atoms with Crippen molar-refractivity contribution in [2.24, 2.45) is 0 Å². The molecule has 0 aromatic heterocycles. The normalized spacial score (nSPS) is 15.3. The van der Waals surface area contributed by atoms with Crippen LogP contribution < -0.4 is 4.90 Å². The van der Waals surface area contributed by atoms with E-state index in [1.54, 1.807) is 17.9 Å². The molecule has 0 saturated carbocycles. The van der Waals surface area contributed by atoms with E-state index in [9.17, 15) is 18.3 Å². The average Bonchev–Trinajstić information content (AvgIpc) is 2.75. The van der Waals surface area contributed by atoms with Gasteiger partial charge in [-0.15, -0.1) is 0 Å². The van der Waals surface area contributed by atoms with Crippen molar-refractivity contribution in [3.05, 3.63) is 53.6 Å². The van der Waals surface area contributed by atoms with Crippen LogP contribution in [0.2, 0.25) is 0 Å². The molecule has 1 heterocycles. The number of benzene rings is 2. The van der Waals surface area contributed by atoms with Crippen molar-refractivity contribution < 1.29 is 18.3 Å². The summed E-state index contributed by atoms with van der Waals surface area (Å²) in [4.78, 5) is 16.8. The highest BCUT2D eigenvalue weighted by Gasteiger charge is 2.32. The van der Waals surface area contributed by atoms with Crippen LogP contribution in [-0.4, -0.2) is 67.4 Å². The lowest BCUT2D eigenvalue weighted by atomic mass is 10.1. The van der Waals surface area contributed by atoms with Gasteiger partial charge in [-0.3, -0.25) is 4.79 Å². The number of piperazine rings is 1. The Morgan fingerprint density at radius 1 is 1.06 bits per heavy atom. The van der Waals surface area contributed by atoms with Gasteiger partial charge in [-0.05, 0) is 69.7 Å². The fourth-order valence-electron chi connectivity index (χ4n) is 3.92. The SMILES string of the molecule is CCN(c1ccc(C(=O)N2CCN(S(=O)(=O)c3cc(C)ccc3O)CC2)cc1)C(C)C. The van der Waals surface area contributed by atoms with E-state index in [2.05, 4.69) is 25.7 Å². The van der Waals surface area contributed by atoms with Gasteiger partial charge in [-0.1, -0.05) is 6.07 Å². The summed E-state index contributed by atoms with van der Waals surface area (Å²) >= 11 is 0. The molecular weight excluding hydrogens is 414 g/mol. The molecule has 8 heteroatoms. The van der Waals surface area contributed by atoms with Crippen LogP contribution in [0.5, 0.6) is 5.75 Å². The third-order valence-corrected chi connectivity index (χ3v) is 7.60. The number of carbonyl (C=O) groups excluding carboxylic acids is 1. The highest BCUT2D eigenvalue weighted by atomic mass is 32.2. The second-order valence-corrected chi connectivity index (χ2v) is 10.0. The van der Waals surface area contributed by atoms with Crippen molar-refractivity contribution in [2.45, 2.75) is 38.6 Å². The summed E-state index contributed by atoms with van der Waals surface area (Å²) in [6, 6.07) is 12.5. The number of hydrogen-bond acceptors (Lipinski definition) is 5. The second kappa shape index (κ2) is 9.28. The van der Waals surface area contributed by atoms with E-state index in [-0.39, 0.29) is 29.6 Å². The topological polar surface area (TPSA) is 81.2 Å². The molecule has 2 aromatic rings. The summed E-state index contributed by atoms with van der Waals surface area (Å²) < 4.78 is 27.2. The zero-order valence-electron chi connectivity index (χ0n) is 18.6. The van der Waals surface area contributed by atoms with E-state index < -0.39 is 10.0 Å². The molecule has 0 bridgehead atoms. The molecule has 1 aliphatic rings. The van der Waals surface area contributed by atoms with Gasteiger partial charge < -0.3 is 14.9 Å². The van der Waals surface area contributed by atoms with Gasteiger partial charge in [0, 0.05) is 50.0 Å². The smallest absolute Gasteiger partial charge is 0.253 e. The minimum Gasteiger partial charge on any atom is -0.507 e. The maximum Gasteiger partial charge on any atom is 0.253 e. The average molecular weight is 446 g/mol. The van der Waals surface area contributed by atoms with E-state index in [1.807, 2.05) is 24.3 Å². The van der Waals surface area contributed by atoms with E-state index in [0.717, 1.165) is 17.8 Å². The van der Waals surface area contributed by atoms with Gasteiger partial charge >= 0.3 is 0 Å². The Kier molecular flexibility index (Phi) is 6.91. The number of phenolic OH excluding ortho intramolecular Hbond substituents is 1. The first-order valence-corrected chi connectivity index (χ1v) is 12.0. The molecule has 168 valence electrons. The molecule has 31 heavy (non-hydrogen) atoms. The summed E-state index contributed by atoms with van der Waals surface area (Å²) in [5.74, 6) is -0.360. The first kappa shape index (κ1) is 23.1. The Balaban J connectivity index is 1.68. The molecule has 3 rings (SSSR count). The third kappa shape index (κ3) is 4.85. The second-order valence-electron chi connectivity index (χ2n) is 8.09. The van der Waals surface area contributed by atoms with Gasteiger partial charge in [0.15, 0.2) is 0 Å². The summed E-state index contributed by atoms with van der Waals surface area (Å²) in [6.07, 6.45) is 0. The van der Waals surface area contributed by atoms with Crippen LogP contribution in [-0.2, 0) is 10.0 Å². The van der Waals surface area contributed by atoms with Gasteiger partial charge in [0.1, 0.15) is 10.6 Å². The van der Waals surface area contributed by atoms with Crippen LogP contribution in [0.1, 0.15) is 36.7 Å². The number of anilines is 1. The molecule has 1 amide bonds. The van der Waals surface area contributed by atoms with Crippen molar-refractivity contribution in [1.82, 2.24) is 9.21 Å². The van der Waals surface area contributed by atoms with Crippen molar-refractivity contribution in [3.8, 4) is 5.75 Å². The Bertz CT molecular complexity index is 1030. The molecule has 1 N–H and O–H groups in total. The highest BCUT2D eigenvalue weighted by molar-refractivity contribution is 7.89. The molecule has 0 spiro atoms. The number of aromatic hydroxyl groups is 1. The monoisotopic (exact) mass is 445 g/mol. The quantitative estimate of drug-likeness (QED) is 0.739. The summed E-state index contributed by atoms with van der Waals surface area (Å²) in [5.41, 5.74) is 2.42. The zero-order chi connectivity index (χ0) is 22.8. The number of sulfonamides is 1. The lowest BCUT2D eigenvalue weighted by Gasteiger charge is -2.34. The minimum atomic E-state index is -3.82. The fourth-order valence-corrected chi connectivity index (χ4v) is 5.51. The molecular formula is C23H31N3O4S. The minimum absolute atomic E-state index is 0.0894. The van der Waals surface area contributed by atoms with E-state index >= 15 is 0 Å². The van der Waals surface area contributed by atoms with E-state index in [4.69, 9.17) is 0 Å². The fraction of sp³-hybridized carbons (Fsp3) is 0.435. The van der Waals surface area contributed by atoms with E-state index in [1.165, 1.54) is 16.4 Å². The number of carbonyl (C=O) groups is 1. The van der Waals surface area contributed by atoms with Gasteiger partial charge in [0.2, 0.25) is 10.0 Å². The number of nitrogens with zero attached hydrogens (tertiary/aromatic N) is 3. The Morgan fingerprint density at radius 3 is 2.23 bits per heavy atom. The largest absolute Gasteiger partial charge is 0.507 e. The molecule has 7 nitrogen and oxygen atoms in total. The van der Waals surface area contributed by atoms with Crippen LogP contribution in [0.4, 0.5) is 5.69 Å². The van der Waals surface area contributed by atoms with Crippen LogP contribution in [0.25, 0.3) is 0 Å². The zero-order valence-corrected chi connectivity index (χ0v) is 19.4. The molecule has 0 radical (unpaired) electrons. The molecule has 2 aromatic carbocycles. The number of aryl methyl sites for hydroxylation is 1. The molecule has 0 unspecified atom stereocenters. The number of amides is 1. The van der Waals surface area contributed by atoms with Crippen molar-refractivity contribution in [3.63, 3.8) is 0 Å². The standard InChI is InChI=1S/C23H31N3O4S/c1-5-26(17(2)3)20-9-7-19(8-10-20)23(28)24-12-14-25(15-13-24)31(29,30)22-16-18(4)6-11-21(22)27/h6-11,16-17,27H,5,12-15H2,1-4H3. The van der Waals surface area contributed by atoms with E-state index in [0.29, 0.717) is 24.7 Å². The van der Waals surface area contributed by atoms with Crippen molar-refractivity contribution in [1.29, 1.82) is 0 Å². The predicted octanol–water partition coefficient (Wildman–Crippen LogP) is 3.08. The molecule has 1 aliphatic heterocycles. The number of rotatable bonds is 6. The van der Waals surface area contributed by atoms with Crippen LogP contribution in [0.3, 0.4) is 0 Å². The van der Waals surface area contributed by atoms with Crippen LogP contribution in [0.15, 0.2) is 47.4 Å². The Hall–Kier alpha value is -2.58. The highest BCUT2D eigenvalue weighted by Crippen LogP contribution is 2.27. The Morgan fingerprint density at radius 2 is 1.68 bits per heavy atom. The van der Waals surface area contributed by atoms with Gasteiger partial charge in [0.05, 0.1) is 0 Å². The lowest BCUT2D eigenvalue weighted by Crippen LogP contribution is -2.50. The summed E-state index contributed by atoms with van der Waals surface area (Å²) in [7, 11) is -3.82. The van der Waals surface area contributed by atoms with Crippen LogP contribution in [0, 0.1) is 6.92 Å².